The molecule has 0 bridgehead atoms. The Morgan fingerprint density at radius 3 is 2.59 bits per heavy atom. The summed E-state index contributed by atoms with van der Waals surface area (Å²) in [5, 5.41) is 8.98. The number of hydrogen-bond donors (Lipinski definition) is 2. The molecular weight excluding hydrogens is 356 g/mol. The van der Waals surface area contributed by atoms with E-state index in [-0.39, 0.29) is 0 Å². The number of rotatable bonds is 7. The van der Waals surface area contributed by atoms with Crippen molar-refractivity contribution in [1.29, 1.82) is 0 Å². The SMILES string of the molecule is CN=C(NCc1cccs1)NCC1CCN(Cc2ccc(OC)cc2)CC1. The average molecular weight is 387 g/mol. The second kappa shape index (κ2) is 10.3. The fourth-order valence-corrected chi connectivity index (χ4v) is 4.03. The van der Waals surface area contributed by atoms with Crippen LogP contribution in [0.4, 0.5) is 0 Å². The van der Waals surface area contributed by atoms with Crippen molar-refractivity contribution in [2.24, 2.45) is 10.9 Å². The van der Waals surface area contributed by atoms with Crippen LogP contribution in [0.5, 0.6) is 5.75 Å². The third-order valence-corrected chi connectivity index (χ3v) is 5.94. The summed E-state index contributed by atoms with van der Waals surface area (Å²) in [6.07, 6.45) is 2.45. The number of benzene rings is 1. The summed E-state index contributed by atoms with van der Waals surface area (Å²) >= 11 is 1.77. The van der Waals surface area contributed by atoms with E-state index >= 15 is 0 Å². The minimum absolute atomic E-state index is 0.706. The van der Waals surface area contributed by atoms with Gasteiger partial charge in [-0.25, -0.2) is 0 Å². The second-order valence-electron chi connectivity index (χ2n) is 6.95. The molecule has 0 aliphatic carbocycles. The highest BCUT2D eigenvalue weighted by atomic mass is 32.1. The quantitative estimate of drug-likeness (QED) is 0.566. The summed E-state index contributed by atoms with van der Waals surface area (Å²) in [5.41, 5.74) is 1.35. The van der Waals surface area contributed by atoms with Crippen LogP contribution in [0, 0.1) is 5.92 Å². The first-order valence-corrected chi connectivity index (χ1v) is 10.5. The summed E-state index contributed by atoms with van der Waals surface area (Å²) in [7, 11) is 3.54. The zero-order valence-electron chi connectivity index (χ0n) is 16.3. The third kappa shape index (κ3) is 6.26. The molecule has 3 rings (SSSR count). The van der Waals surface area contributed by atoms with E-state index in [1.165, 1.54) is 23.3 Å². The van der Waals surface area contributed by atoms with Crippen molar-refractivity contribution in [3.05, 3.63) is 52.2 Å². The Balaban J connectivity index is 1.35. The summed E-state index contributed by atoms with van der Waals surface area (Å²) in [6.45, 7) is 5.14. The lowest BCUT2D eigenvalue weighted by molar-refractivity contribution is 0.178. The Morgan fingerprint density at radius 2 is 1.96 bits per heavy atom. The van der Waals surface area contributed by atoms with Crippen molar-refractivity contribution in [2.75, 3.05) is 33.8 Å². The van der Waals surface area contributed by atoms with Crippen LogP contribution in [-0.2, 0) is 13.1 Å². The smallest absolute Gasteiger partial charge is 0.191 e. The van der Waals surface area contributed by atoms with Crippen LogP contribution >= 0.6 is 11.3 Å². The average Bonchev–Trinajstić information content (AvgIpc) is 3.23. The van der Waals surface area contributed by atoms with Crippen LogP contribution in [0.15, 0.2) is 46.8 Å². The molecule has 2 aromatic rings. The summed E-state index contributed by atoms with van der Waals surface area (Å²) in [4.78, 5) is 8.20. The van der Waals surface area contributed by atoms with E-state index in [0.29, 0.717) is 5.92 Å². The van der Waals surface area contributed by atoms with E-state index in [4.69, 9.17) is 4.74 Å². The van der Waals surface area contributed by atoms with Crippen molar-refractivity contribution in [1.82, 2.24) is 15.5 Å². The van der Waals surface area contributed by atoms with Gasteiger partial charge in [0, 0.05) is 25.0 Å². The molecule has 2 heterocycles. The highest BCUT2D eigenvalue weighted by Gasteiger charge is 2.19. The molecule has 1 fully saturated rings. The lowest BCUT2D eigenvalue weighted by Gasteiger charge is -2.32. The van der Waals surface area contributed by atoms with Gasteiger partial charge < -0.3 is 15.4 Å². The molecule has 0 amide bonds. The van der Waals surface area contributed by atoms with Gasteiger partial charge in [0.15, 0.2) is 5.96 Å². The maximum absolute atomic E-state index is 5.23. The minimum atomic E-state index is 0.706. The first-order valence-electron chi connectivity index (χ1n) is 9.59. The monoisotopic (exact) mass is 386 g/mol. The Labute approximate surface area is 166 Å². The standard InChI is InChI=1S/C21H30N4OS/c1-22-21(24-15-20-4-3-13-27-20)23-14-17-9-11-25(12-10-17)16-18-5-7-19(26-2)8-6-18/h3-8,13,17H,9-12,14-16H2,1-2H3,(H2,22,23,24). The molecule has 146 valence electrons. The number of methoxy groups -OCH3 is 1. The molecule has 2 N–H and O–H groups in total. The highest BCUT2D eigenvalue weighted by molar-refractivity contribution is 7.09. The number of ether oxygens (including phenoxy) is 1. The molecule has 1 aromatic carbocycles. The lowest BCUT2D eigenvalue weighted by Crippen LogP contribution is -2.42. The minimum Gasteiger partial charge on any atom is -0.497 e. The number of nitrogens with one attached hydrogen (secondary N) is 2. The van der Waals surface area contributed by atoms with Crippen LogP contribution in [0.25, 0.3) is 0 Å². The first-order chi connectivity index (χ1) is 13.3. The maximum atomic E-state index is 5.23. The predicted molar refractivity (Wildman–Crippen MR) is 114 cm³/mol. The number of likely N-dealkylation sites (tertiary alicyclic amines) is 1. The van der Waals surface area contributed by atoms with Gasteiger partial charge in [0.2, 0.25) is 0 Å². The van der Waals surface area contributed by atoms with Crippen molar-refractivity contribution >= 4 is 17.3 Å². The van der Waals surface area contributed by atoms with E-state index < -0.39 is 0 Å². The topological polar surface area (TPSA) is 48.9 Å². The molecule has 0 radical (unpaired) electrons. The number of thiophene rings is 1. The van der Waals surface area contributed by atoms with Crippen LogP contribution in [0.1, 0.15) is 23.3 Å². The van der Waals surface area contributed by atoms with Crippen molar-refractivity contribution < 1.29 is 4.74 Å². The zero-order chi connectivity index (χ0) is 18.9. The molecule has 6 heteroatoms. The first kappa shape index (κ1) is 19.7. The fourth-order valence-electron chi connectivity index (χ4n) is 3.38. The predicted octanol–water partition coefficient (Wildman–Crippen LogP) is 3.33. The van der Waals surface area contributed by atoms with Gasteiger partial charge in [-0.2, -0.15) is 0 Å². The zero-order valence-corrected chi connectivity index (χ0v) is 17.1. The van der Waals surface area contributed by atoms with Gasteiger partial charge in [-0.1, -0.05) is 18.2 Å². The highest BCUT2D eigenvalue weighted by Crippen LogP contribution is 2.19. The fraction of sp³-hybridized carbons (Fsp3) is 0.476. The van der Waals surface area contributed by atoms with Crippen LogP contribution < -0.4 is 15.4 Å². The molecule has 1 aliphatic heterocycles. The van der Waals surface area contributed by atoms with Gasteiger partial charge in [-0.15, -0.1) is 11.3 Å². The second-order valence-corrected chi connectivity index (χ2v) is 7.99. The molecule has 5 nitrogen and oxygen atoms in total. The Hall–Kier alpha value is -2.05. The molecule has 1 saturated heterocycles. The number of nitrogens with zero attached hydrogens (tertiary/aromatic N) is 2. The molecule has 0 saturated carbocycles. The van der Waals surface area contributed by atoms with Gasteiger partial charge in [0.1, 0.15) is 5.75 Å². The van der Waals surface area contributed by atoms with Crippen LogP contribution in [0.2, 0.25) is 0 Å². The van der Waals surface area contributed by atoms with Gasteiger partial charge in [-0.05, 0) is 61.0 Å². The summed E-state index contributed by atoms with van der Waals surface area (Å²) in [5.74, 6) is 2.52. The number of piperidine rings is 1. The van der Waals surface area contributed by atoms with Crippen molar-refractivity contribution in [2.45, 2.75) is 25.9 Å². The van der Waals surface area contributed by atoms with Crippen LogP contribution in [0.3, 0.4) is 0 Å². The molecule has 27 heavy (non-hydrogen) atoms. The van der Waals surface area contributed by atoms with E-state index in [1.54, 1.807) is 18.4 Å². The number of hydrogen-bond acceptors (Lipinski definition) is 4. The van der Waals surface area contributed by atoms with Gasteiger partial charge in [-0.3, -0.25) is 9.89 Å². The van der Waals surface area contributed by atoms with E-state index in [1.807, 2.05) is 19.2 Å². The van der Waals surface area contributed by atoms with Crippen LogP contribution in [-0.4, -0.2) is 44.7 Å². The third-order valence-electron chi connectivity index (χ3n) is 5.06. The molecule has 0 atom stereocenters. The van der Waals surface area contributed by atoms with E-state index in [0.717, 1.165) is 44.4 Å². The largest absolute Gasteiger partial charge is 0.497 e. The van der Waals surface area contributed by atoms with Crippen molar-refractivity contribution in [3.63, 3.8) is 0 Å². The van der Waals surface area contributed by atoms with E-state index in [2.05, 4.69) is 50.2 Å². The lowest BCUT2D eigenvalue weighted by atomic mass is 9.96. The normalized spacial score (nSPS) is 16.3. The van der Waals surface area contributed by atoms with Gasteiger partial charge in [0.25, 0.3) is 0 Å². The number of guanidine groups is 1. The Morgan fingerprint density at radius 1 is 1.19 bits per heavy atom. The molecular formula is C21H30N4OS. The molecule has 1 aliphatic rings. The van der Waals surface area contributed by atoms with Crippen molar-refractivity contribution in [3.8, 4) is 5.75 Å². The van der Waals surface area contributed by atoms with E-state index in [9.17, 15) is 0 Å². The van der Waals surface area contributed by atoms with Gasteiger partial charge >= 0.3 is 0 Å². The Kier molecular flexibility index (Phi) is 7.54. The summed E-state index contributed by atoms with van der Waals surface area (Å²) < 4.78 is 5.23. The molecule has 0 unspecified atom stereocenters. The number of aliphatic imine (C=N–C) groups is 1. The van der Waals surface area contributed by atoms with Gasteiger partial charge in [0.05, 0.1) is 13.7 Å². The summed E-state index contributed by atoms with van der Waals surface area (Å²) in [6, 6.07) is 12.6. The maximum Gasteiger partial charge on any atom is 0.191 e. The Bertz CT molecular complexity index is 691. The molecule has 1 aromatic heterocycles. The molecule has 0 spiro atoms.